The van der Waals surface area contributed by atoms with Gasteiger partial charge in [-0.2, -0.15) is 5.10 Å². The minimum absolute atomic E-state index is 0.125. The van der Waals surface area contributed by atoms with Crippen LogP contribution in [0.5, 0.6) is 0 Å². The molecule has 0 radical (unpaired) electrons. The normalized spacial score (nSPS) is 16.2. The number of likely N-dealkylation sites (tertiary alicyclic amines) is 1. The third-order valence-corrected chi connectivity index (χ3v) is 3.77. The molecule has 20 heavy (non-hydrogen) atoms. The zero-order chi connectivity index (χ0) is 14.4. The summed E-state index contributed by atoms with van der Waals surface area (Å²) in [6.07, 6.45) is 6.47. The van der Waals surface area contributed by atoms with E-state index in [1.165, 1.54) is 38.5 Å². The van der Waals surface area contributed by atoms with Gasteiger partial charge < -0.3 is 16.0 Å². The van der Waals surface area contributed by atoms with Crippen LogP contribution in [-0.4, -0.2) is 46.8 Å². The lowest BCUT2D eigenvalue weighted by Gasteiger charge is -2.26. The van der Waals surface area contributed by atoms with Crippen LogP contribution >= 0.6 is 0 Å². The Balaban J connectivity index is 1.73. The Morgan fingerprint density at radius 1 is 1.40 bits per heavy atom. The van der Waals surface area contributed by atoms with Gasteiger partial charge in [-0.3, -0.25) is 9.48 Å². The molecule has 1 amide bonds. The molecule has 0 bridgehead atoms. The van der Waals surface area contributed by atoms with Crippen molar-refractivity contribution >= 4 is 11.6 Å². The summed E-state index contributed by atoms with van der Waals surface area (Å²) in [7, 11) is 0. The largest absolute Gasteiger partial charge is 0.396 e. The Labute approximate surface area is 120 Å². The molecule has 2 heterocycles. The van der Waals surface area contributed by atoms with Crippen LogP contribution < -0.4 is 11.1 Å². The second kappa shape index (κ2) is 7.28. The highest BCUT2D eigenvalue weighted by Gasteiger charge is 2.15. The van der Waals surface area contributed by atoms with Crippen LogP contribution in [0.25, 0.3) is 0 Å². The molecule has 0 unspecified atom stereocenters. The second-order valence-electron chi connectivity index (χ2n) is 5.28. The Morgan fingerprint density at radius 2 is 2.15 bits per heavy atom. The smallest absolute Gasteiger partial charge is 0.271 e. The predicted molar refractivity (Wildman–Crippen MR) is 79.6 cm³/mol. The molecule has 1 aliphatic heterocycles. The summed E-state index contributed by atoms with van der Waals surface area (Å²) in [6, 6.07) is 0. The number of carbonyl (C=O) groups excluding carboxylic acids is 1. The lowest BCUT2D eigenvalue weighted by molar-refractivity contribution is 0.0941. The van der Waals surface area contributed by atoms with E-state index in [2.05, 4.69) is 15.3 Å². The van der Waals surface area contributed by atoms with E-state index in [1.54, 1.807) is 4.68 Å². The van der Waals surface area contributed by atoms with E-state index in [1.807, 2.05) is 6.92 Å². The van der Waals surface area contributed by atoms with Gasteiger partial charge in [-0.05, 0) is 45.8 Å². The Bertz CT molecular complexity index is 437. The molecule has 1 aliphatic rings. The van der Waals surface area contributed by atoms with Crippen LogP contribution in [0, 0.1) is 0 Å². The monoisotopic (exact) mass is 279 g/mol. The number of piperidine rings is 1. The van der Waals surface area contributed by atoms with Crippen LogP contribution in [0.2, 0.25) is 0 Å². The van der Waals surface area contributed by atoms with Crippen molar-refractivity contribution in [3.8, 4) is 0 Å². The van der Waals surface area contributed by atoms with Crippen LogP contribution in [0.1, 0.15) is 43.1 Å². The molecule has 0 aliphatic carbocycles. The number of aryl methyl sites for hydroxylation is 1. The lowest BCUT2D eigenvalue weighted by Crippen LogP contribution is -2.34. The van der Waals surface area contributed by atoms with Gasteiger partial charge in [0, 0.05) is 13.1 Å². The number of amides is 1. The summed E-state index contributed by atoms with van der Waals surface area (Å²) in [5.74, 6) is -0.125. The molecule has 2 rings (SSSR count). The highest BCUT2D eigenvalue weighted by atomic mass is 16.2. The molecule has 1 fully saturated rings. The molecule has 0 aromatic carbocycles. The van der Waals surface area contributed by atoms with Crippen LogP contribution in [0.3, 0.4) is 0 Å². The average Bonchev–Trinajstić information content (AvgIpc) is 2.85. The minimum atomic E-state index is -0.125. The highest BCUT2D eigenvalue weighted by molar-refractivity contribution is 5.97. The first-order chi connectivity index (χ1) is 9.72. The minimum Gasteiger partial charge on any atom is -0.396 e. The number of hydrogen-bond acceptors (Lipinski definition) is 4. The first-order valence-electron chi connectivity index (χ1n) is 7.54. The highest BCUT2D eigenvalue weighted by Crippen LogP contribution is 2.11. The van der Waals surface area contributed by atoms with E-state index in [9.17, 15) is 4.79 Å². The summed E-state index contributed by atoms with van der Waals surface area (Å²) in [6.45, 7) is 6.73. The predicted octanol–water partition coefficient (Wildman–Crippen LogP) is 1.09. The fraction of sp³-hybridized carbons (Fsp3) is 0.714. The van der Waals surface area contributed by atoms with Gasteiger partial charge >= 0.3 is 0 Å². The summed E-state index contributed by atoms with van der Waals surface area (Å²) >= 11 is 0. The molecule has 3 N–H and O–H groups in total. The molecular formula is C14H25N5O. The number of rotatable bonds is 6. The number of nitrogen functional groups attached to an aromatic ring is 1. The number of aromatic nitrogens is 2. The number of hydrogen-bond donors (Lipinski definition) is 2. The van der Waals surface area contributed by atoms with Gasteiger partial charge in [0.15, 0.2) is 0 Å². The van der Waals surface area contributed by atoms with Gasteiger partial charge in [0.05, 0.1) is 11.9 Å². The van der Waals surface area contributed by atoms with Gasteiger partial charge in [-0.25, -0.2) is 0 Å². The van der Waals surface area contributed by atoms with Gasteiger partial charge in [0.1, 0.15) is 5.69 Å². The standard InChI is InChI=1S/C14H25N5O/c1-2-19-13(12(15)11-17-19)14(20)16-7-6-10-18-8-4-3-5-9-18/h11H,2-10,15H2,1H3,(H,16,20). The maximum Gasteiger partial charge on any atom is 0.271 e. The van der Waals surface area contributed by atoms with E-state index >= 15 is 0 Å². The Morgan fingerprint density at radius 3 is 2.85 bits per heavy atom. The molecule has 0 saturated carbocycles. The van der Waals surface area contributed by atoms with Crippen molar-refractivity contribution in [2.45, 2.75) is 39.2 Å². The first kappa shape index (κ1) is 14.8. The fourth-order valence-electron chi connectivity index (χ4n) is 2.66. The number of nitrogens with zero attached hydrogens (tertiary/aromatic N) is 3. The second-order valence-corrected chi connectivity index (χ2v) is 5.28. The summed E-state index contributed by atoms with van der Waals surface area (Å²) in [5.41, 5.74) is 6.71. The molecular weight excluding hydrogens is 254 g/mol. The van der Waals surface area contributed by atoms with E-state index in [-0.39, 0.29) is 5.91 Å². The van der Waals surface area contributed by atoms with Crippen molar-refractivity contribution in [2.75, 3.05) is 31.9 Å². The molecule has 112 valence electrons. The van der Waals surface area contributed by atoms with Crippen molar-refractivity contribution < 1.29 is 4.79 Å². The summed E-state index contributed by atoms with van der Waals surface area (Å²) in [4.78, 5) is 14.6. The van der Waals surface area contributed by atoms with E-state index < -0.39 is 0 Å². The molecule has 6 heteroatoms. The molecule has 1 saturated heterocycles. The number of carbonyl (C=O) groups is 1. The summed E-state index contributed by atoms with van der Waals surface area (Å²) < 4.78 is 1.63. The van der Waals surface area contributed by atoms with Gasteiger partial charge in [-0.15, -0.1) is 0 Å². The Kier molecular flexibility index (Phi) is 5.40. The van der Waals surface area contributed by atoms with E-state index in [0.29, 0.717) is 24.5 Å². The van der Waals surface area contributed by atoms with Crippen molar-refractivity contribution in [2.24, 2.45) is 0 Å². The number of anilines is 1. The quantitative estimate of drug-likeness (QED) is 0.764. The average molecular weight is 279 g/mol. The van der Waals surface area contributed by atoms with Crippen LogP contribution in [0.4, 0.5) is 5.69 Å². The topological polar surface area (TPSA) is 76.2 Å². The van der Waals surface area contributed by atoms with E-state index in [0.717, 1.165) is 13.0 Å². The maximum atomic E-state index is 12.1. The van der Waals surface area contributed by atoms with Crippen molar-refractivity contribution in [3.63, 3.8) is 0 Å². The molecule has 1 aromatic rings. The van der Waals surface area contributed by atoms with Crippen molar-refractivity contribution in [1.29, 1.82) is 0 Å². The molecule has 6 nitrogen and oxygen atoms in total. The van der Waals surface area contributed by atoms with Crippen molar-refractivity contribution in [3.05, 3.63) is 11.9 Å². The summed E-state index contributed by atoms with van der Waals surface area (Å²) in [5, 5.41) is 7.01. The molecule has 0 spiro atoms. The first-order valence-corrected chi connectivity index (χ1v) is 7.54. The van der Waals surface area contributed by atoms with Crippen LogP contribution in [-0.2, 0) is 6.54 Å². The fourth-order valence-corrected chi connectivity index (χ4v) is 2.66. The SMILES string of the molecule is CCn1ncc(N)c1C(=O)NCCCN1CCCCC1. The Hall–Kier alpha value is -1.56. The molecule has 0 atom stereocenters. The number of nitrogens with one attached hydrogen (secondary N) is 1. The molecule has 1 aromatic heterocycles. The lowest BCUT2D eigenvalue weighted by atomic mass is 10.1. The van der Waals surface area contributed by atoms with Gasteiger partial charge in [-0.1, -0.05) is 6.42 Å². The van der Waals surface area contributed by atoms with Crippen LogP contribution in [0.15, 0.2) is 6.20 Å². The zero-order valence-corrected chi connectivity index (χ0v) is 12.3. The van der Waals surface area contributed by atoms with Crippen molar-refractivity contribution in [1.82, 2.24) is 20.0 Å². The third-order valence-electron chi connectivity index (χ3n) is 3.77. The number of nitrogens with two attached hydrogens (primary N) is 1. The van der Waals surface area contributed by atoms with Gasteiger partial charge in [0.2, 0.25) is 0 Å². The maximum absolute atomic E-state index is 12.1. The van der Waals surface area contributed by atoms with Gasteiger partial charge in [0.25, 0.3) is 5.91 Å². The zero-order valence-electron chi connectivity index (χ0n) is 12.3. The van der Waals surface area contributed by atoms with E-state index in [4.69, 9.17) is 5.73 Å². The third kappa shape index (κ3) is 3.72.